The molecule has 1 N–H and O–H groups in total. The molecular weight excluding hydrogens is 246 g/mol. The lowest BCUT2D eigenvalue weighted by molar-refractivity contribution is -0.140. The molecule has 17 heavy (non-hydrogen) atoms. The van der Waals surface area contributed by atoms with Crippen LogP contribution in [-0.4, -0.2) is 35.5 Å². The van der Waals surface area contributed by atoms with E-state index in [1.54, 1.807) is 0 Å². The second kappa shape index (κ2) is 6.80. The fraction of sp³-hybridized carbons (Fsp3) is 0.400. The zero-order chi connectivity index (χ0) is 12.7. The Morgan fingerprint density at radius 3 is 2.76 bits per heavy atom. The predicted molar refractivity (Wildman–Crippen MR) is 60.6 cm³/mol. The summed E-state index contributed by atoms with van der Waals surface area (Å²) in [6, 6.07) is 0. The Balaban J connectivity index is 2.30. The molecule has 92 valence electrons. The standard InChI is InChI=1S/C10H12ClN3O3/c1-17-9(15)3-2-4-12-10(16)7-5-14-8(11)6-13-7/h5-6H,2-4H2,1H3,(H,12,16). The lowest BCUT2D eigenvalue weighted by Crippen LogP contribution is -2.26. The molecule has 0 bridgehead atoms. The highest BCUT2D eigenvalue weighted by Gasteiger charge is 2.07. The molecule has 0 aliphatic rings. The minimum Gasteiger partial charge on any atom is -0.469 e. The molecule has 6 nitrogen and oxygen atoms in total. The van der Waals surface area contributed by atoms with Crippen molar-refractivity contribution < 1.29 is 14.3 Å². The van der Waals surface area contributed by atoms with E-state index >= 15 is 0 Å². The number of aromatic nitrogens is 2. The number of carbonyl (C=O) groups is 2. The van der Waals surface area contributed by atoms with Gasteiger partial charge in [0.25, 0.3) is 5.91 Å². The van der Waals surface area contributed by atoms with Crippen molar-refractivity contribution >= 4 is 23.5 Å². The first-order valence-corrected chi connectivity index (χ1v) is 5.34. The normalized spacial score (nSPS) is 9.76. The van der Waals surface area contributed by atoms with E-state index in [0.717, 1.165) is 0 Å². The molecular formula is C10H12ClN3O3. The fourth-order valence-corrected chi connectivity index (χ4v) is 1.15. The van der Waals surface area contributed by atoms with Gasteiger partial charge >= 0.3 is 5.97 Å². The van der Waals surface area contributed by atoms with Gasteiger partial charge in [-0.25, -0.2) is 9.97 Å². The largest absolute Gasteiger partial charge is 0.469 e. The van der Waals surface area contributed by atoms with Crippen LogP contribution < -0.4 is 5.32 Å². The van der Waals surface area contributed by atoms with Gasteiger partial charge in [-0.1, -0.05) is 11.6 Å². The minimum absolute atomic E-state index is 0.187. The van der Waals surface area contributed by atoms with Crippen molar-refractivity contribution in [3.8, 4) is 0 Å². The molecule has 0 unspecified atom stereocenters. The Bertz CT molecular complexity index is 394. The third-order valence-corrected chi connectivity index (χ3v) is 2.12. The van der Waals surface area contributed by atoms with E-state index in [4.69, 9.17) is 11.6 Å². The first-order valence-electron chi connectivity index (χ1n) is 4.96. The highest BCUT2D eigenvalue weighted by atomic mass is 35.5. The molecule has 0 spiro atoms. The lowest BCUT2D eigenvalue weighted by atomic mass is 10.3. The number of amides is 1. The number of esters is 1. The van der Waals surface area contributed by atoms with Gasteiger partial charge in [0.05, 0.1) is 19.5 Å². The third-order valence-electron chi connectivity index (χ3n) is 1.92. The van der Waals surface area contributed by atoms with Gasteiger partial charge < -0.3 is 10.1 Å². The van der Waals surface area contributed by atoms with Crippen molar-refractivity contribution in [2.75, 3.05) is 13.7 Å². The third kappa shape index (κ3) is 4.78. The minimum atomic E-state index is -0.348. The maximum atomic E-state index is 11.5. The van der Waals surface area contributed by atoms with Crippen molar-refractivity contribution in [1.82, 2.24) is 15.3 Å². The Morgan fingerprint density at radius 1 is 1.41 bits per heavy atom. The lowest BCUT2D eigenvalue weighted by Gasteiger charge is -2.03. The highest BCUT2D eigenvalue weighted by molar-refractivity contribution is 6.29. The summed E-state index contributed by atoms with van der Waals surface area (Å²) in [5.41, 5.74) is 0.187. The first kappa shape index (κ1) is 13.4. The smallest absolute Gasteiger partial charge is 0.305 e. The van der Waals surface area contributed by atoms with Crippen molar-refractivity contribution in [2.24, 2.45) is 0 Å². The van der Waals surface area contributed by atoms with Crippen molar-refractivity contribution in [1.29, 1.82) is 0 Å². The molecule has 1 rings (SSSR count). The average molecular weight is 258 g/mol. The number of ether oxygens (including phenoxy) is 1. The van der Waals surface area contributed by atoms with E-state index in [2.05, 4.69) is 20.0 Å². The maximum absolute atomic E-state index is 11.5. The second-order valence-corrected chi connectivity index (χ2v) is 3.55. The Hall–Kier alpha value is -1.69. The molecule has 7 heteroatoms. The van der Waals surface area contributed by atoms with Crippen molar-refractivity contribution in [3.63, 3.8) is 0 Å². The fourth-order valence-electron chi connectivity index (χ4n) is 1.06. The SMILES string of the molecule is COC(=O)CCCNC(=O)c1cnc(Cl)cn1. The topological polar surface area (TPSA) is 81.2 Å². The summed E-state index contributed by atoms with van der Waals surface area (Å²) in [6.45, 7) is 0.373. The van der Waals surface area contributed by atoms with Crippen molar-refractivity contribution in [3.05, 3.63) is 23.2 Å². The zero-order valence-electron chi connectivity index (χ0n) is 9.27. The molecule has 1 amide bonds. The van der Waals surface area contributed by atoms with Gasteiger partial charge in [0.15, 0.2) is 0 Å². The van der Waals surface area contributed by atoms with Crippen LogP contribution in [0.1, 0.15) is 23.3 Å². The van der Waals surface area contributed by atoms with Crippen LogP contribution in [0.15, 0.2) is 12.4 Å². The van der Waals surface area contributed by atoms with Crippen LogP contribution in [0.5, 0.6) is 0 Å². The molecule has 1 aromatic heterocycles. The summed E-state index contributed by atoms with van der Waals surface area (Å²) in [6.07, 6.45) is 3.37. The van der Waals surface area contributed by atoms with Gasteiger partial charge in [0.2, 0.25) is 0 Å². The van der Waals surface area contributed by atoms with Gasteiger partial charge in [-0.3, -0.25) is 9.59 Å². The Labute approximate surface area is 103 Å². The van der Waals surface area contributed by atoms with Crippen LogP contribution in [0, 0.1) is 0 Å². The van der Waals surface area contributed by atoms with Gasteiger partial charge in [-0.15, -0.1) is 0 Å². The Kier molecular flexibility index (Phi) is 5.35. The van der Waals surface area contributed by atoms with Gasteiger partial charge in [-0.2, -0.15) is 0 Å². The summed E-state index contributed by atoms with van der Waals surface area (Å²) in [7, 11) is 1.32. The molecule has 1 aromatic rings. The number of hydrogen-bond donors (Lipinski definition) is 1. The maximum Gasteiger partial charge on any atom is 0.305 e. The number of carbonyl (C=O) groups excluding carboxylic acids is 2. The molecule has 0 saturated heterocycles. The number of methoxy groups -OCH3 is 1. The molecule has 0 aliphatic heterocycles. The number of rotatable bonds is 5. The number of nitrogens with zero attached hydrogens (tertiary/aromatic N) is 2. The number of nitrogens with one attached hydrogen (secondary N) is 1. The molecule has 0 aliphatic carbocycles. The van der Waals surface area contributed by atoms with Crippen LogP contribution in [0.25, 0.3) is 0 Å². The zero-order valence-corrected chi connectivity index (χ0v) is 10.0. The second-order valence-electron chi connectivity index (χ2n) is 3.16. The number of halogens is 1. The summed E-state index contributed by atoms with van der Waals surface area (Å²) in [5, 5.41) is 2.83. The van der Waals surface area contributed by atoms with E-state index in [0.29, 0.717) is 13.0 Å². The summed E-state index contributed by atoms with van der Waals surface area (Å²) >= 11 is 5.54. The highest BCUT2D eigenvalue weighted by Crippen LogP contribution is 2.01. The molecule has 0 saturated carbocycles. The summed E-state index contributed by atoms with van der Waals surface area (Å²) in [4.78, 5) is 29.8. The van der Waals surface area contributed by atoms with E-state index < -0.39 is 0 Å². The van der Waals surface area contributed by atoms with Gasteiger partial charge in [0, 0.05) is 13.0 Å². The van der Waals surface area contributed by atoms with Crippen LogP contribution in [0.3, 0.4) is 0 Å². The molecule has 0 atom stereocenters. The average Bonchev–Trinajstić information content (AvgIpc) is 2.34. The molecule has 0 fully saturated rings. The predicted octanol–water partition coefficient (Wildman–Crippen LogP) is 0.813. The first-order chi connectivity index (χ1) is 8.13. The van der Waals surface area contributed by atoms with Crippen LogP contribution >= 0.6 is 11.6 Å². The van der Waals surface area contributed by atoms with E-state index in [9.17, 15) is 9.59 Å². The quantitative estimate of drug-likeness (QED) is 0.624. The van der Waals surface area contributed by atoms with Gasteiger partial charge in [0.1, 0.15) is 10.8 Å². The summed E-state index contributed by atoms with van der Waals surface area (Å²) in [5.74, 6) is -0.649. The van der Waals surface area contributed by atoms with E-state index in [1.807, 2.05) is 0 Å². The van der Waals surface area contributed by atoms with Crippen LogP contribution in [0.2, 0.25) is 5.15 Å². The number of hydrogen-bond acceptors (Lipinski definition) is 5. The monoisotopic (exact) mass is 257 g/mol. The van der Waals surface area contributed by atoms with Gasteiger partial charge in [-0.05, 0) is 6.42 Å². The van der Waals surface area contributed by atoms with Crippen LogP contribution in [0.4, 0.5) is 0 Å². The van der Waals surface area contributed by atoms with Crippen molar-refractivity contribution in [2.45, 2.75) is 12.8 Å². The van der Waals surface area contributed by atoms with E-state index in [1.165, 1.54) is 19.5 Å². The molecule has 1 heterocycles. The summed E-state index contributed by atoms with van der Waals surface area (Å²) < 4.78 is 4.47. The van der Waals surface area contributed by atoms with E-state index in [-0.39, 0.29) is 29.1 Å². The molecule has 0 aromatic carbocycles. The van der Waals surface area contributed by atoms with Crippen LogP contribution in [-0.2, 0) is 9.53 Å². The molecule has 0 radical (unpaired) electrons. The Morgan fingerprint density at radius 2 is 2.18 bits per heavy atom.